The molecule has 150 valence electrons. The molecular formula is C20H40N6. The zero-order valence-corrected chi connectivity index (χ0v) is 18.7. The summed E-state index contributed by atoms with van der Waals surface area (Å²) in [6.07, 6.45) is 6.16. The predicted octanol–water partition coefficient (Wildman–Crippen LogP) is 3.96. The lowest BCUT2D eigenvalue weighted by Crippen LogP contribution is -2.50. The van der Waals surface area contributed by atoms with Crippen LogP contribution >= 0.6 is 0 Å². The molecule has 2 aliphatic rings. The highest BCUT2D eigenvalue weighted by Gasteiger charge is 2.37. The summed E-state index contributed by atoms with van der Waals surface area (Å²) in [5.41, 5.74) is 0.250. The smallest absolute Gasteiger partial charge is 0.113 e. The molecule has 0 atom stereocenters. The molecule has 0 fully saturated rings. The molecule has 0 amide bonds. The lowest BCUT2D eigenvalue weighted by molar-refractivity contribution is 0.0474. The van der Waals surface area contributed by atoms with Crippen LogP contribution in [0.15, 0.2) is 10.2 Å². The van der Waals surface area contributed by atoms with Gasteiger partial charge in [-0.15, -0.1) is 0 Å². The fourth-order valence-electron chi connectivity index (χ4n) is 3.03. The maximum atomic E-state index is 4.68. The van der Waals surface area contributed by atoms with Crippen molar-refractivity contribution in [2.24, 2.45) is 10.2 Å². The summed E-state index contributed by atoms with van der Waals surface area (Å²) < 4.78 is 0. The Bertz CT molecular complexity index is 500. The van der Waals surface area contributed by atoms with Crippen LogP contribution in [0, 0.1) is 0 Å². The van der Waals surface area contributed by atoms with E-state index in [0.717, 1.165) is 26.2 Å². The summed E-state index contributed by atoms with van der Waals surface area (Å²) in [7, 11) is 0. The maximum Gasteiger partial charge on any atom is 0.113 e. The second-order valence-corrected chi connectivity index (χ2v) is 10.9. The van der Waals surface area contributed by atoms with Crippen LogP contribution in [-0.4, -0.2) is 68.0 Å². The summed E-state index contributed by atoms with van der Waals surface area (Å²) in [6.45, 7) is 24.2. The predicted molar refractivity (Wildman–Crippen MR) is 111 cm³/mol. The van der Waals surface area contributed by atoms with Crippen LogP contribution in [0.2, 0.25) is 0 Å². The van der Waals surface area contributed by atoms with Gasteiger partial charge in [0.25, 0.3) is 0 Å². The number of hydrazone groups is 2. The Balaban J connectivity index is 1.93. The highest BCUT2D eigenvalue weighted by atomic mass is 15.6. The van der Waals surface area contributed by atoms with Gasteiger partial charge in [0, 0.05) is 11.1 Å². The van der Waals surface area contributed by atoms with Gasteiger partial charge in [0.15, 0.2) is 0 Å². The summed E-state index contributed by atoms with van der Waals surface area (Å²) >= 11 is 0. The van der Waals surface area contributed by atoms with Gasteiger partial charge in [0.2, 0.25) is 0 Å². The third-order valence-electron chi connectivity index (χ3n) is 5.69. The Hall–Kier alpha value is -1.46. The van der Waals surface area contributed by atoms with Crippen molar-refractivity contribution in [3.63, 3.8) is 0 Å². The SMILES string of the molecule is CC(C)(C)N1C=NN(C(C)(C)CCC(C)(C)N2C=NN(C(C)(C)C)C2)C1. The summed E-state index contributed by atoms with van der Waals surface area (Å²) in [5.74, 6) is 0. The monoisotopic (exact) mass is 364 g/mol. The molecule has 6 nitrogen and oxygen atoms in total. The third-order valence-corrected chi connectivity index (χ3v) is 5.69. The van der Waals surface area contributed by atoms with Crippen LogP contribution in [0.4, 0.5) is 0 Å². The molecule has 2 rings (SSSR count). The van der Waals surface area contributed by atoms with Crippen molar-refractivity contribution in [1.29, 1.82) is 0 Å². The first kappa shape index (κ1) is 20.8. The van der Waals surface area contributed by atoms with Crippen LogP contribution in [0.25, 0.3) is 0 Å². The Labute approximate surface area is 160 Å². The standard InChI is InChI=1S/C20H40N6/c1-17(2,3)23-13-22-26(15-23)20(9,10)12-11-19(7,8)24-14-21-25(16-24)18(4,5)6/h13-14H,11-12,15-16H2,1-10H3. The fourth-order valence-corrected chi connectivity index (χ4v) is 3.03. The summed E-state index contributed by atoms with van der Waals surface area (Å²) in [5, 5.41) is 13.7. The molecule has 0 bridgehead atoms. The van der Waals surface area contributed by atoms with E-state index >= 15 is 0 Å². The quantitative estimate of drug-likeness (QED) is 0.740. The van der Waals surface area contributed by atoms with Gasteiger partial charge in [-0.1, -0.05) is 0 Å². The minimum Gasteiger partial charge on any atom is -0.337 e. The van der Waals surface area contributed by atoms with E-state index in [1.807, 2.05) is 12.7 Å². The van der Waals surface area contributed by atoms with Crippen molar-refractivity contribution in [2.75, 3.05) is 13.3 Å². The van der Waals surface area contributed by atoms with Crippen molar-refractivity contribution in [3.05, 3.63) is 0 Å². The highest BCUT2D eigenvalue weighted by molar-refractivity contribution is 5.58. The zero-order valence-electron chi connectivity index (χ0n) is 18.7. The molecule has 0 saturated carbocycles. The topological polar surface area (TPSA) is 37.7 Å². The molecule has 2 aliphatic heterocycles. The van der Waals surface area contributed by atoms with E-state index in [4.69, 9.17) is 0 Å². The number of hydrogen-bond donors (Lipinski definition) is 0. The second-order valence-electron chi connectivity index (χ2n) is 10.9. The molecule has 0 saturated heterocycles. The molecular weight excluding hydrogens is 324 g/mol. The van der Waals surface area contributed by atoms with Crippen molar-refractivity contribution < 1.29 is 0 Å². The number of rotatable bonds is 5. The van der Waals surface area contributed by atoms with Gasteiger partial charge >= 0.3 is 0 Å². The van der Waals surface area contributed by atoms with Crippen molar-refractivity contribution in [3.8, 4) is 0 Å². The largest absolute Gasteiger partial charge is 0.337 e. The molecule has 0 radical (unpaired) electrons. The third kappa shape index (κ3) is 4.63. The molecule has 26 heavy (non-hydrogen) atoms. The van der Waals surface area contributed by atoms with Gasteiger partial charge in [-0.3, -0.25) is 10.0 Å². The van der Waals surface area contributed by atoms with Crippen LogP contribution in [0.1, 0.15) is 82.1 Å². The maximum absolute atomic E-state index is 4.68. The zero-order chi connectivity index (χ0) is 20.0. The minimum absolute atomic E-state index is 0.0222. The Morgan fingerprint density at radius 2 is 1.08 bits per heavy atom. The normalized spacial score (nSPS) is 19.3. The fraction of sp³-hybridized carbons (Fsp3) is 0.900. The molecule has 0 aliphatic carbocycles. The van der Waals surface area contributed by atoms with Crippen LogP contribution in [0.5, 0.6) is 0 Å². The molecule has 0 aromatic rings. The van der Waals surface area contributed by atoms with Crippen LogP contribution < -0.4 is 0 Å². The molecule has 0 aromatic carbocycles. The average Bonchev–Trinajstić information content (AvgIpc) is 3.13. The van der Waals surface area contributed by atoms with E-state index in [9.17, 15) is 0 Å². The van der Waals surface area contributed by atoms with E-state index in [2.05, 4.69) is 99.3 Å². The lowest BCUT2D eigenvalue weighted by atomic mass is 9.88. The minimum atomic E-state index is 0.0222. The lowest BCUT2D eigenvalue weighted by Gasteiger charge is -2.42. The Morgan fingerprint density at radius 3 is 1.54 bits per heavy atom. The molecule has 6 heteroatoms. The second kappa shape index (κ2) is 6.61. The van der Waals surface area contributed by atoms with Gasteiger partial charge in [0.1, 0.15) is 26.0 Å². The molecule has 0 N–H and O–H groups in total. The van der Waals surface area contributed by atoms with Gasteiger partial charge in [-0.25, -0.2) is 0 Å². The first-order chi connectivity index (χ1) is 11.6. The van der Waals surface area contributed by atoms with E-state index in [0.29, 0.717) is 0 Å². The van der Waals surface area contributed by atoms with Gasteiger partial charge in [0.05, 0.1) is 11.1 Å². The van der Waals surface area contributed by atoms with Crippen LogP contribution in [0.3, 0.4) is 0 Å². The van der Waals surface area contributed by atoms with Crippen LogP contribution in [-0.2, 0) is 0 Å². The van der Waals surface area contributed by atoms with E-state index in [-0.39, 0.29) is 22.2 Å². The van der Waals surface area contributed by atoms with Crippen molar-refractivity contribution >= 4 is 12.7 Å². The summed E-state index contributed by atoms with van der Waals surface area (Å²) in [4.78, 5) is 4.66. The number of nitrogens with zero attached hydrogens (tertiary/aromatic N) is 6. The first-order valence-corrected chi connectivity index (χ1v) is 9.80. The average molecular weight is 365 g/mol. The number of hydrogen-bond acceptors (Lipinski definition) is 6. The van der Waals surface area contributed by atoms with E-state index < -0.39 is 0 Å². The van der Waals surface area contributed by atoms with Gasteiger partial charge in [-0.05, 0) is 82.1 Å². The molecule has 0 spiro atoms. The van der Waals surface area contributed by atoms with Crippen molar-refractivity contribution in [2.45, 2.75) is 104 Å². The van der Waals surface area contributed by atoms with Gasteiger partial charge in [-0.2, -0.15) is 10.2 Å². The Kier molecular flexibility index (Phi) is 5.30. The summed E-state index contributed by atoms with van der Waals surface area (Å²) in [6, 6.07) is 0. The molecule has 0 unspecified atom stereocenters. The highest BCUT2D eigenvalue weighted by Crippen LogP contribution is 2.32. The van der Waals surface area contributed by atoms with E-state index in [1.54, 1.807) is 0 Å². The van der Waals surface area contributed by atoms with Crippen molar-refractivity contribution in [1.82, 2.24) is 19.8 Å². The molecule has 2 heterocycles. The Morgan fingerprint density at radius 1 is 0.615 bits per heavy atom. The first-order valence-electron chi connectivity index (χ1n) is 9.80. The van der Waals surface area contributed by atoms with E-state index in [1.165, 1.54) is 0 Å². The molecule has 0 aromatic heterocycles. The van der Waals surface area contributed by atoms with Gasteiger partial charge < -0.3 is 9.80 Å².